The number of hydrogen-bond acceptors (Lipinski definition) is 3. The first-order valence-corrected chi connectivity index (χ1v) is 9.01. The second-order valence-electron chi connectivity index (χ2n) is 6.31. The number of anilines is 1. The number of aryl methyl sites for hydroxylation is 1. The zero-order valence-electron chi connectivity index (χ0n) is 13.6. The van der Waals surface area contributed by atoms with E-state index < -0.39 is 0 Å². The maximum absolute atomic E-state index is 14.5. The van der Waals surface area contributed by atoms with Gasteiger partial charge in [-0.25, -0.2) is 9.37 Å². The van der Waals surface area contributed by atoms with Crippen LogP contribution in [0.2, 0.25) is 0 Å². The Morgan fingerprint density at radius 2 is 2.25 bits per heavy atom. The molecule has 0 saturated heterocycles. The van der Waals surface area contributed by atoms with Gasteiger partial charge in [0.25, 0.3) is 0 Å². The van der Waals surface area contributed by atoms with Gasteiger partial charge in [-0.3, -0.25) is 0 Å². The number of hydrogen-bond donors (Lipinski definition) is 1. The lowest BCUT2D eigenvalue weighted by atomic mass is 9.79. The molecule has 0 spiro atoms. The van der Waals surface area contributed by atoms with E-state index in [0.717, 1.165) is 47.8 Å². The Balaban J connectivity index is 2.26. The van der Waals surface area contributed by atoms with Crippen molar-refractivity contribution in [2.24, 2.45) is 5.92 Å². The molecule has 0 bridgehead atoms. The van der Waals surface area contributed by atoms with E-state index >= 15 is 0 Å². The van der Waals surface area contributed by atoms with Gasteiger partial charge in [0.2, 0.25) is 0 Å². The highest BCUT2D eigenvalue weighted by Crippen LogP contribution is 2.39. The maximum Gasteiger partial charge on any atom is 0.142 e. The van der Waals surface area contributed by atoms with Crippen LogP contribution in [-0.2, 0) is 12.8 Å². The van der Waals surface area contributed by atoms with Crippen LogP contribution in [-0.4, -0.2) is 4.98 Å². The summed E-state index contributed by atoms with van der Waals surface area (Å²) in [6, 6.07) is 6.92. The maximum atomic E-state index is 14.5. The SMILES string of the molecule is CCCC1CCc2nc(N)c(C#N)c(-c3cc(Br)ccc3F)c2C1. The third-order valence-corrected chi connectivity index (χ3v) is 5.19. The Morgan fingerprint density at radius 3 is 2.96 bits per heavy atom. The lowest BCUT2D eigenvalue weighted by Crippen LogP contribution is -2.19. The molecule has 5 heteroatoms. The van der Waals surface area contributed by atoms with Crippen molar-refractivity contribution in [3.8, 4) is 17.2 Å². The van der Waals surface area contributed by atoms with Crippen LogP contribution < -0.4 is 5.73 Å². The van der Waals surface area contributed by atoms with Gasteiger partial charge in [0, 0.05) is 21.3 Å². The van der Waals surface area contributed by atoms with Crippen LogP contribution >= 0.6 is 15.9 Å². The molecule has 2 aromatic rings. The summed E-state index contributed by atoms with van der Waals surface area (Å²) >= 11 is 3.39. The van der Waals surface area contributed by atoms with Gasteiger partial charge in [-0.05, 0) is 48.9 Å². The molecule has 0 fully saturated rings. The predicted molar refractivity (Wildman–Crippen MR) is 96.9 cm³/mol. The molecule has 1 aliphatic carbocycles. The topological polar surface area (TPSA) is 62.7 Å². The van der Waals surface area contributed by atoms with Gasteiger partial charge in [-0.2, -0.15) is 5.26 Å². The first-order valence-electron chi connectivity index (χ1n) is 8.21. The van der Waals surface area contributed by atoms with Crippen LogP contribution in [0, 0.1) is 23.1 Å². The Bertz CT molecular complexity index is 826. The summed E-state index contributed by atoms with van der Waals surface area (Å²) in [6.07, 6.45) is 4.98. The molecule has 1 atom stereocenters. The minimum atomic E-state index is -0.347. The summed E-state index contributed by atoms with van der Waals surface area (Å²) in [5, 5.41) is 9.59. The third-order valence-electron chi connectivity index (χ3n) is 4.70. The fourth-order valence-electron chi connectivity index (χ4n) is 3.60. The predicted octanol–water partition coefficient (Wildman–Crippen LogP) is 5.01. The van der Waals surface area contributed by atoms with Gasteiger partial charge in [0.15, 0.2) is 0 Å². The van der Waals surface area contributed by atoms with Gasteiger partial charge >= 0.3 is 0 Å². The molecule has 0 amide bonds. The van der Waals surface area contributed by atoms with Crippen LogP contribution in [0.3, 0.4) is 0 Å². The largest absolute Gasteiger partial charge is 0.383 e. The number of rotatable bonds is 3. The van der Waals surface area contributed by atoms with Crippen molar-refractivity contribution in [2.45, 2.75) is 39.0 Å². The number of nitrogens with two attached hydrogens (primary N) is 1. The third kappa shape index (κ3) is 3.03. The molecule has 1 unspecified atom stereocenters. The number of nitrogen functional groups attached to an aromatic ring is 1. The van der Waals surface area contributed by atoms with E-state index in [0.29, 0.717) is 17.0 Å². The zero-order valence-corrected chi connectivity index (χ0v) is 15.2. The minimum Gasteiger partial charge on any atom is -0.383 e. The molecule has 24 heavy (non-hydrogen) atoms. The van der Waals surface area contributed by atoms with Crippen molar-refractivity contribution in [2.75, 3.05) is 5.73 Å². The molecule has 1 aromatic carbocycles. The Morgan fingerprint density at radius 1 is 1.46 bits per heavy atom. The molecule has 3 nitrogen and oxygen atoms in total. The monoisotopic (exact) mass is 387 g/mol. The number of fused-ring (bicyclic) bond motifs is 1. The number of aromatic nitrogens is 1. The molecular formula is C19H19BrFN3. The van der Waals surface area contributed by atoms with Crippen molar-refractivity contribution < 1.29 is 4.39 Å². The first kappa shape index (κ1) is 16.9. The molecule has 1 aliphatic rings. The normalized spacial score (nSPS) is 16.5. The van der Waals surface area contributed by atoms with Crippen molar-refractivity contribution in [3.05, 3.63) is 45.3 Å². The molecule has 2 N–H and O–H groups in total. The van der Waals surface area contributed by atoms with Gasteiger partial charge in [-0.1, -0.05) is 35.7 Å². The van der Waals surface area contributed by atoms with Gasteiger partial charge in [0.1, 0.15) is 23.3 Å². The van der Waals surface area contributed by atoms with E-state index in [1.54, 1.807) is 12.1 Å². The van der Waals surface area contributed by atoms with Crippen LogP contribution in [0.1, 0.15) is 43.0 Å². The summed E-state index contributed by atoms with van der Waals surface area (Å²) in [6.45, 7) is 2.17. The standard InChI is InChI=1S/C19H19BrFN3/c1-2-3-11-4-7-17-14(8-11)18(15(10-22)19(23)24-17)13-9-12(20)5-6-16(13)21/h5-6,9,11H,2-4,7-8H2,1H3,(H2,23,24). The van der Waals surface area contributed by atoms with Crippen LogP contribution in [0.4, 0.5) is 10.2 Å². The summed E-state index contributed by atoms with van der Waals surface area (Å²) in [5.74, 6) is 0.396. The van der Waals surface area contributed by atoms with Crippen molar-refractivity contribution in [1.82, 2.24) is 4.98 Å². The second kappa shape index (κ2) is 6.90. The Hall–Kier alpha value is -1.93. The summed E-state index contributed by atoms with van der Waals surface area (Å²) in [5.41, 5.74) is 9.23. The number of benzene rings is 1. The van der Waals surface area contributed by atoms with E-state index in [1.807, 2.05) is 0 Å². The molecule has 0 saturated carbocycles. The van der Waals surface area contributed by atoms with Crippen molar-refractivity contribution >= 4 is 21.7 Å². The summed E-state index contributed by atoms with van der Waals surface area (Å²) in [4.78, 5) is 4.44. The van der Waals surface area contributed by atoms with Gasteiger partial charge in [-0.15, -0.1) is 0 Å². The number of halogens is 2. The van der Waals surface area contributed by atoms with E-state index in [4.69, 9.17) is 5.73 Å². The molecular weight excluding hydrogens is 369 g/mol. The van der Waals surface area contributed by atoms with Crippen molar-refractivity contribution in [3.63, 3.8) is 0 Å². The molecule has 3 rings (SSSR count). The Labute approximate surface area is 149 Å². The Kier molecular flexibility index (Phi) is 4.86. The first-order chi connectivity index (χ1) is 11.5. The van der Waals surface area contributed by atoms with Crippen LogP contribution in [0.5, 0.6) is 0 Å². The molecule has 0 aliphatic heterocycles. The number of pyridine rings is 1. The number of nitriles is 1. The molecule has 1 aromatic heterocycles. The van der Waals surface area contributed by atoms with Crippen LogP contribution in [0.25, 0.3) is 11.1 Å². The smallest absolute Gasteiger partial charge is 0.142 e. The van der Waals surface area contributed by atoms with E-state index in [9.17, 15) is 9.65 Å². The van der Waals surface area contributed by atoms with Gasteiger partial charge in [0.05, 0.1) is 0 Å². The van der Waals surface area contributed by atoms with E-state index in [1.165, 1.54) is 6.07 Å². The molecule has 1 heterocycles. The minimum absolute atomic E-state index is 0.194. The van der Waals surface area contributed by atoms with Crippen LogP contribution in [0.15, 0.2) is 22.7 Å². The second-order valence-corrected chi connectivity index (χ2v) is 7.22. The number of nitrogens with zero attached hydrogens (tertiary/aromatic N) is 2. The average Bonchev–Trinajstić information content (AvgIpc) is 2.56. The fourth-order valence-corrected chi connectivity index (χ4v) is 3.97. The van der Waals surface area contributed by atoms with E-state index in [-0.39, 0.29) is 17.2 Å². The fraction of sp³-hybridized carbons (Fsp3) is 0.368. The summed E-state index contributed by atoms with van der Waals surface area (Å²) in [7, 11) is 0. The highest BCUT2D eigenvalue weighted by Gasteiger charge is 2.27. The van der Waals surface area contributed by atoms with Gasteiger partial charge < -0.3 is 5.73 Å². The summed E-state index contributed by atoms with van der Waals surface area (Å²) < 4.78 is 15.3. The van der Waals surface area contributed by atoms with Crippen molar-refractivity contribution in [1.29, 1.82) is 5.26 Å². The molecule has 124 valence electrons. The lowest BCUT2D eigenvalue weighted by Gasteiger charge is -2.27. The highest BCUT2D eigenvalue weighted by molar-refractivity contribution is 9.10. The average molecular weight is 388 g/mol. The molecule has 0 radical (unpaired) electrons. The zero-order chi connectivity index (χ0) is 17.3. The lowest BCUT2D eigenvalue weighted by molar-refractivity contribution is 0.419. The highest BCUT2D eigenvalue weighted by atomic mass is 79.9. The van der Waals surface area contributed by atoms with E-state index in [2.05, 4.69) is 33.9 Å². The quantitative estimate of drug-likeness (QED) is 0.804.